The SMILES string of the molecule is CC/C=C\C/C=C\C/C=C\C/C=C\C/C=C\C/C=C\C/C=C\C/C=C\C/C=C\CCCC(=O)OCC(COC(=O)CCCCCCC/C=C\C/C=C\CCCCC)OC(=O)CCCCCCC/C=C\CCCCCCCCC. The average Bonchev–Trinajstić information content (AvgIpc) is 3.44. The summed E-state index contributed by atoms with van der Waals surface area (Å²) >= 11 is 0. The molecule has 0 aliphatic carbocycles. The summed E-state index contributed by atoms with van der Waals surface area (Å²) in [5, 5.41) is 0. The number of allylic oxidation sites excluding steroid dienone is 24. The summed E-state index contributed by atoms with van der Waals surface area (Å²) in [5.41, 5.74) is 0. The van der Waals surface area contributed by atoms with Gasteiger partial charge in [-0.2, -0.15) is 0 Å². The van der Waals surface area contributed by atoms with E-state index in [0.717, 1.165) is 141 Å². The van der Waals surface area contributed by atoms with Crippen LogP contribution in [0.4, 0.5) is 0 Å². The first kappa shape index (κ1) is 73.3. The van der Waals surface area contributed by atoms with Crippen molar-refractivity contribution in [2.24, 2.45) is 0 Å². The number of ether oxygens (including phenoxy) is 3. The van der Waals surface area contributed by atoms with Crippen LogP contribution in [0.3, 0.4) is 0 Å². The van der Waals surface area contributed by atoms with E-state index < -0.39 is 6.10 Å². The number of carbonyl (C=O) groups excluding carboxylic acids is 3. The van der Waals surface area contributed by atoms with Crippen molar-refractivity contribution in [3.8, 4) is 0 Å². The Morgan fingerprint density at radius 3 is 0.872 bits per heavy atom. The van der Waals surface area contributed by atoms with Crippen molar-refractivity contribution in [1.29, 1.82) is 0 Å². The molecule has 1 unspecified atom stereocenters. The molecule has 0 fully saturated rings. The molecule has 0 radical (unpaired) electrons. The van der Waals surface area contributed by atoms with Gasteiger partial charge in [0.25, 0.3) is 0 Å². The van der Waals surface area contributed by atoms with Gasteiger partial charge in [-0.1, -0.05) is 256 Å². The zero-order valence-corrected chi connectivity index (χ0v) is 50.4. The molecule has 78 heavy (non-hydrogen) atoms. The summed E-state index contributed by atoms with van der Waals surface area (Å²) in [6.45, 7) is 6.43. The quantitative estimate of drug-likeness (QED) is 0.0261. The summed E-state index contributed by atoms with van der Waals surface area (Å²) in [6, 6.07) is 0. The highest BCUT2D eigenvalue weighted by molar-refractivity contribution is 5.71. The predicted molar refractivity (Wildman–Crippen MR) is 339 cm³/mol. The van der Waals surface area contributed by atoms with E-state index in [1.165, 1.54) is 83.5 Å². The number of rotatable bonds is 56. The molecule has 0 aliphatic heterocycles. The van der Waals surface area contributed by atoms with Gasteiger partial charge in [-0.05, 0) is 141 Å². The van der Waals surface area contributed by atoms with Crippen LogP contribution in [0.2, 0.25) is 0 Å². The van der Waals surface area contributed by atoms with Crippen molar-refractivity contribution in [1.82, 2.24) is 0 Å². The van der Waals surface area contributed by atoms with E-state index in [4.69, 9.17) is 14.2 Å². The Kier molecular flexibility index (Phi) is 60.9. The molecule has 0 amide bonds. The smallest absolute Gasteiger partial charge is 0.306 e. The highest BCUT2D eigenvalue weighted by atomic mass is 16.6. The molecule has 0 aromatic rings. The van der Waals surface area contributed by atoms with Crippen molar-refractivity contribution in [2.45, 2.75) is 277 Å². The van der Waals surface area contributed by atoms with Crippen LogP contribution in [0.15, 0.2) is 146 Å². The minimum atomic E-state index is -0.818. The zero-order valence-electron chi connectivity index (χ0n) is 50.4. The fraction of sp³-hybridized carbons (Fsp3) is 0.625. The van der Waals surface area contributed by atoms with Gasteiger partial charge < -0.3 is 14.2 Å². The molecule has 1 atom stereocenters. The van der Waals surface area contributed by atoms with Crippen molar-refractivity contribution in [2.75, 3.05) is 13.2 Å². The number of unbranched alkanes of at least 4 members (excludes halogenated alkanes) is 21. The van der Waals surface area contributed by atoms with E-state index >= 15 is 0 Å². The molecule has 440 valence electrons. The Hall–Kier alpha value is -4.71. The Morgan fingerprint density at radius 2 is 0.513 bits per heavy atom. The predicted octanol–water partition coefficient (Wildman–Crippen LogP) is 21.9. The lowest BCUT2D eigenvalue weighted by molar-refractivity contribution is -0.167. The van der Waals surface area contributed by atoms with E-state index in [1.807, 2.05) is 0 Å². The van der Waals surface area contributed by atoms with Gasteiger partial charge in [-0.15, -0.1) is 0 Å². The van der Waals surface area contributed by atoms with Crippen molar-refractivity contribution in [3.63, 3.8) is 0 Å². The van der Waals surface area contributed by atoms with Gasteiger partial charge in [-0.25, -0.2) is 0 Å². The van der Waals surface area contributed by atoms with Crippen LogP contribution in [0.5, 0.6) is 0 Å². The molecule has 0 saturated heterocycles. The topological polar surface area (TPSA) is 78.9 Å². The van der Waals surface area contributed by atoms with Crippen LogP contribution in [0.25, 0.3) is 0 Å². The molecule has 0 bridgehead atoms. The molecule has 0 heterocycles. The van der Waals surface area contributed by atoms with Gasteiger partial charge in [0.2, 0.25) is 0 Å². The lowest BCUT2D eigenvalue weighted by Gasteiger charge is -2.18. The summed E-state index contributed by atoms with van der Waals surface area (Å²) in [5.74, 6) is -0.995. The third-order valence-corrected chi connectivity index (χ3v) is 13.0. The number of carbonyl (C=O) groups is 3. The Bertz CT molecular complexity index is 1710. The lowest BCUT2D eigenvalue weighted by Crippen LogP contribution is -2.30. The van der Waals surface area contributed by atoms with Crippen LogP contribution in [-0.4, -0.2) is 37.2 Å². The van der Waals surface area contributed by atoms with E-state index in [1.54, 1.807) is 0 Å². The van der Waals surface area contributed by atoms with Gasteiger partial charge in [-0.3, -0.25) is 14.4 Å². The van der Waals surface area contributed by atoms with Gasteiger partial charge >= 0.3 is 17.9 Å². The molecular formula is C72H116O6. The third-order valence-electron chi connectivity index (χ3n) is 13.0. The fourth-order valence-electron chi connectivity index (χ4n) is 8.29. The number of hydrogen-bond donors (Lipinski definition) is 0. The van der Waals surface area contributed by atoms with Gasteiger partial charge in [0.1, 0.15) is 13.2 Å². The fourth-order valence-corrected chi connectivity index (χ4v) is 8.29. The maximum atomic E-state index is 12.9. The van der Waals surface area contributed by atoms with Gasteiger partial charge in [0, 0.05) is 19.3 Å². The molecule has 0 aliphatic rings. The van der Waals surface area contributed by atoms with E-state index in [-0.39, 0.29) is 37.5 Å². The Balaban J connectivity index is 4.48. The third kappa shape index (κ3) is 62.1. The van der Waals surface area contributed by atoms with Crippen molar-refractivity contribution in [3.05, 3.63) is 146 Å². The van der Waals surface area contributed by atoms with Crippen LogP contribution >= 0.6 is 0 Å². The molecule has 0 saturated carbocycles. The Labute approximate surface area is 480 Å². The molecule has 0 aromatic heterocycles. The highest BCUT2D eigenvalue weighted by Gasteiger charge is 2.19. The van der Waals surface area contributed by atoms with Crippen molar-refractivity contribution >= 4 is 17.9 Å². The van der Waals surface area contributed by atoms with E-state index in [2.05, 4.69) is 167 Å². The van der Waals surface area contributed by atoms with E-state index in [9.17, 15) is 14.4 Å². The first-order valence-electron chi connectivity index (χ1n) is 31.8. The van der Waals surface area contributed by atoms with Gasteiger partial charge in [0.05, 0.1) is 0 Å². The highest BCUT2D eigenvalue weighted by Crippen LogP contribution is 2.14. The molecule has 0 aromatic carbocycles. The first-order chi connectivity index (χ1) is 38.5. The second-order valence-electron chi connectivity index (χ2n) is 20.6. The minimum Gasteiger partial charge on any atom is -0.462 e. The summed E-state index contributed by atoms with van der Waals surface area (Å²) in [4.78, 5) is 38.3. The second-order valence-corrected chi connectivity index (χ2v) is 20.6. The van der Waals surface area contributed by atoms with Crippen LogP contribution in [0.1, 0.15) is 271 Å². The second kappa shape index (κ2) is 64.8. The molecule has 6 nitrogen and oxygen atoms in total. The zero-order chi connectivity index (χ0) is 56.4. The number of esters is 3. The summed E-state index contributed by atoms with van der Waals surface area (Å²) < 4.78 is 16.8. The maximum absolute atomic E-state index is 12.9. The largest absolute Gasteiger partial charge is 0.462 e. The molecule has 0 rings (SSSR count). The monoisotopic (exact) mass is 1080 g/mol. The lowest BCUT2D eigenvalue weighted by atomic mass is 10.1. The standard InChI is InChI=1S/C72H116O6/c1-4-7-10-13-16-19-22-25-28-30-31-32-33-34-35-36-37-38-39-40-41-42-45-47-50-53-56-59-62-65-71(74)77-68-69(67-76-70(73)64-61-58-55-52-49-46-43-27-24-21-18-15-12-9-6-3)78-72(75)66-63-60-57-54-51-48-44-29-26-23-20-17-14-11-8-5-2/h7,10,16,18-19,21,25,27-29,31-32,34-35,37-38,40-41,43-45,47,53,56,69H,4-6,8-9,11-15,17,20,22-24,26,30,33,36,39,42,46,48-52,54-55,57-68H2,1-3H3/b10-7-,19-16-,21-18-,28-25-,32-31-,35-34-,38-37-,41-40-,43-27-,44-29-,47-45-,56-53-. The molecule has 0 spiro atoms. The van der Waals surface area contributed by atoms with E-state index in [0.29, 0.717) is 19.3 Å². The molecule has 0 N–H and O–H groups in total. The van der Waals surface area contributed by atoms with Crippen LogP contribution in [-0.2, 0) is 28.6 Å². The Morgan fingerprint density at radius 1 is 0.269 bits per heavy atom. The summed E-state index contributed by atoms with van der Waals surface area (Å²) in [6.07, 6.45) is 92.8. The molecular weight excluding hydrogens is 961 g/mol. The average molecular weight is 1080 g/mol. The minimum absolute atomic E-state index is 0.111. The number of hydrogen-bond acceptors (Lipinski definition) is 6. The normalized spacial score (nSPS) is 13.1. The summed E-state index contributed by atoms with van der Waals surface area (Å²) in [7, 11) is 0. The molecule has 6 heteroatoms. The van der Waals surface area contributed by atoms with Crippen LogP contribution in [0, 0.1) is 0 Å². The van der Waals surface area contributed by atoms with Crippen molar-refractivity contribution < 1.29 is 28.6 Å². The maximum Gasteiger partial charge on any atom is 0.306 e. The first-order valence-corrected chi connectivity index (χ1v) is 31.8. The van der Waals surface area contributed by atoms with Gasteiger partial charge in [0.15, 0.2) is 6.10 Å². The van der Waals surface area contributed by atoms with Crippen LogP contribution < -0.4 is 0 Å².